The molecule has 0 fully saturated rings. The summed E-state index contributed by atoms with van der Waals surface area (Å²) >= 11 is 6.84. The summed E-state index contributed by atoms with van der Waals surface area (Å²) < 4.78 is 7.56. The summed E-state index contributed by atoms with van der Waals surface area (Å²) in [5.41, 5.74) is 0.850. The van der Waals surface area contributed by atoms with Crippen LogP contribution in [0.2, 0.25) is 0 Å². The quantitative estimate of drug-likeness (QED) is 0.817. The fourth-order valence-electron chi connectivity index (χ4n) is 1.52. The van der Waals surface area contributed by atoms with E-state index in [-0.39, 0.29) is 0 Å². The van der Waals surface area contributed by atoms with E-state index in [1.165, 1.54) is 0 Å². The van der Waals surface area contributed by atoms with E-state index in [0.29, 0.717) is 0 Å². The number of aliphatic hydroxyl groups excluding tert-OH is 1. The van der Waals surface area contributed by atoms with Gasteiger partial charge in [-0.05, 0) is 58.7 Å². The summed E-state index contributed by atoms with van der Waals surface area (Å²) in [4.78, 5) is 0. The maximum Gasteiger partial charge on any atom is 0.141 e. The van der Waals surface area contributed by atoms with E-state index in [9.17, 15) is 5.11 Å². The molecule has 0 aliphatic rings. The van der Waals surface area contributed by atoms with Gasteiger partial charge in [0.05, 0.1) is 10.6 Å². The third kappa shape index (κ3) is 3.34. The van der Waals surface area contributed by atoms with Gasteiger partial charge in [-0.25, -0.2) is 0 Å². The molecule has 1 atom stereocenters. The number of rotatable bonds is 3. The molecule has 0 unspecified atom stereocenters. The topological polar surface area (TPSA) is 29.5 Å². The van der Waals surface area contributed by atoms with Gasteiger partial charge in [-0.3, -0.25) is 0 Å². The molecule has 0 radical (unpaired) electrons. The Morgan fingerprint density at radius 1 is 1.11 bits per heavy atom. The highest BCUT2D eigenvalue weighted by atomic mass is 79.9. The smallest absolute Gasteiger partial charge is 0.141 e. The lowest BCUT2D eigenvalue weighted by Gasteiger charge is -2.11. The molecule has 0 saturated heterocycles. The van der Waals surface area contributed by atoms with Crippen LogP contribution >= 0.6 is 31.9 Å². The number of ether oxygens (including phenoxy) is 1. The van der Waals surface area contributed by atoms with Crippen molar-refractivity contribution in [1.29, 1.82) is 0 Å². The second kappa shape index (κ2) is 5.87. The lowest BCUT2D eigenvalue weighted by molar-refractivity contribution is 0.199. The second-order valence-electron chi connectivity index (χ2n) is 3.93. The predicted octanol–water partition coefficient (Wildman–Crippen LogP) is 5.06. The van der Waals surface area contributed by atoms with Gasteiger partial charge in [-0.2, -0.15) is 0 Å². The zero-order valence-electron chi connectivity index (χ0n) is 9.73. The van der Waals surface area contributed by atoms with Gasteiger partial charge in [0.1, 0.15) is 11.5 Å². The van der Waals surface area contributed by atoms with Crippen LogP contribution in [0.4, 0.5) is 0 Å². The molecule has 2 nitrogen and oxygen atoms in total. The minimum Gasteiger partial charge on any atom is -0.456 e. The van der Waals surface area contributed by atoms with E-state index in [4.69, 9.17) is 4.74 Å². The molecule has 0 bridgehead atoms. The zero-order valence-corrected chi connectivity index (χ0v) is 12.9. The van der Waals surface area contributed by atoms with Gasteiger partial charge < -0.3 is 9.84 Å². The fraction of sp³-hybridized carbons (Fsp3) is 0.143. The molecule has 2 aromatic carbocycles. The summed E-state index contributed by atoms with van der Waals surface area (Å²) in [6.45, 7) is 1.73. The van der Waals surface area contributed by atoms with Crippen LogP contribution in [0.5, 0.6) is 11.5 Å². The average Bonchev–Trinajstić information content (AvgIpc) is 2.31. The highest BCUT2D eigenvalue weighted by Gasteiger charge is 2.07. The van der Waals surface area contributed by atoms with Crippen molar-refractivity contribution in [3.63, 3.8) is 0 Å². The van der Waals surface area contributed by atoms with Crippen molar-refractivity contribution in [3.05, 3.63) is 57.0 Å². The van der Waals surface area contributed by atoms with Crippen LogP contribution in [0.1, 0.15) is 18.6 Å². The van der Waals surface area contributed by atoms with Gasteiger partial charge in [-0.1, -0.05) is 28.1 Å². The van der Waals surface area contributed by atoms with Crippen LogP contribution in [-0.2, 0) is 0 Å². The van der Waals surface area contributed by atoms with Gasteiger partial charge in [-0.15, -0.1) is 0 Å². The van der Waals surface area contributed by atoms with E-state index in [0.717, 1.165) is 26.0 Å². The average molecular weight is 372 g/mol. The van der Waals surface area contributed by atoms with Gasteiger partial charge in [0.25, 0.3) is 0 Å². The lowest BCUT2D eigenvalue weighted by Crippen LogP contribution is -1.92. The summed E-state index contributed by atoms with van der Waals surface area (Å²) in [5.74, 6) is 1.48. The first-order valence-corrected chi connectivity index (χ1v) is 7.06. The molecule has 94 valence electrons. The van der Waals surface area contributed by atoms with E-state index in [1.807, 2.05) is 42.5 Å². The molecule has 0 aliphatic carbocycles. The lowest BCUT2D eigenvalue weighted by atomic mass is 10.1. The molecule has 2 aromatic rings. The molecule has 2 rings (SSSR count). The minimum absolute atomic E-state index is 0.485. The first-order valence-electron chi connectivity index (χ1n) is 5.47. The predicted molar refractivity (Wildman–Crippen MR) is 79.0 cm³/mol. The van der Waals surface area contributed by atoms with Gasteiger partial charge in [0.15, 0.2) is 0 Å². The maximum absolute atomic E-state index is 9.50. The number of benzene rings is 2. The van der Waals surface area contributed by atoms with Gasteiger partial charge >= 0.3 is 0 Å². The molecule has 0 heterocycles. The molecule has 4 heteroatoms. The first kappa shape index (κ1) is 13.6. The Balaban J connectivity index is 2.24. The molecule has 0 spiro atoms. The van der Waals surface area contributed by atoms with Crippen molar-refractivity contribution in [2.45, 2.75) is 13.0 Å². The van der Waals surface area contributed by atoms with Crippen molar-refractivity contribution >= 4 is 31.9 Å². The third-order valence-corrected chi connectivity index (χ3v) is 3.58. The molecular formula is C14H12Br2O2. The van der Waals surface area contributed by atoms with Crippen LogP contribution in [0.3, 0.4) is 0 Å². The van der Waals surface area contributed by atoms with Crippen LogP contribution in [-0.4, -0.2) is 5.11 Å². The number of aliphatic hydroxyl groups is 1. The Labute approximate surface area is 123 Å². The zero-order chi connectivity index (χ0) is 13.1. The van der Waals surface area contributed by atoms with E-state index in [2.05, 4.69) is 31.9 Å². The number of hydrogen-bond donors (Lipinski definition) is 1. The van der Waals surface area contributed by atoms with E-state index < -0.39 is 6.10 Å². The normalized spacial score (nSPS) is 12.2. The summed E-state index contributed by atoms with van der Waals surface area (Å²) in [6.07, 6.45) is -0.485. The minimum atomic E-state index is -0.485. The van der Waals surface area contributed by atoms with Crippen molar-refractivity contribution in [1.82, 2.24) is 0 Å². The number of halogens is 2. The number of hydrogen-bond acceptors (Lipinski definition) is 2. The van der Waals surface area contributed by atoms with Crippen molar-refractivity contribution in [2.75, 3.05) is 0 Å². The van der Waals surface area contributed by atoms with Gasteiger partial charge in [0, 0.05) is 4.47 Å². The van der Waals surface area contributed by atoms with Crippen LogP contribution in [0, 0.1) is 0 Å². The monoisotopic (exact) mass is 370 g/mol. The molecular weight excluding hydrogens is 360 g/mol. The van der Waals surface area contributed by atoms with E-state index in [1.54, 1.807) is 6.92 Å². The molecule has 0 saturated carbocycles. The fourth-order valence-corrected chi connectivity index (χ4v) is 2.37. The Morgan fingerprint density at radius 3 is 2.50 bits per heavy atom. The summed E-state index contributed by atoms with van der Waals surface area (Å²) in [5, 5.41) is 9.50. The molecule has 0 aromatic heterocycles. The van der Waals surface area contributed by atoms with Crippen molar-refractivity contribution in [2.24, 2.45) is 0 Å². The largest absolute Gasteiger partial charge is 0.456 e. The van der Waals surface area contributed by atoms with Crippen molar-refractivity contribution < 1.29 is 9.84 Å². The van der Waals surface area contributed by atoms with Crippen LogP contribution in [0.15, 0.2) is 51.4 Å². The Kier molecular flexibility index (Phi) is 4.43. The standard InChI is InChI=1S/C14H12Br2O2/c1-9(17)10-5-6-14(13(16)7-10)18-12-4-2-3-11(15)8-12/h2-9,17H,1H3/t9-/m1/s1. The van der Waals surface area contributed by atoms with E-state index >= 15 is 0 Å². The molecule has 18 heavy (non-hydrogen) atoms. The Morgan fingerprint density at radius 2 is 1.89 bits per heavy atom. The molecule has 1 N–H and O–H groups in total. The summed E-state index contributed by atoms with van der Waals surface area (Å²) in [6, 6.07) is 13.2. The van der Waals surface area contributed by atoms with Crippen LogP contribution in [0.25, 0.3) is 0 Å². The third-order valence-electron chi connectivity index (χ3n) is 2.46. The Bertz CT molecular complexity index is 553. The molecule has 0 aliphatic heterocycles. The Hall–Kier alpha value is -0.840. The highest BCUT2D eigenvalue weighted by molar-refractivity contribution is 9.10. The highest BCUT2D eigenvalue weighted by Crippen LogP contribution is 2.32. The van der Waals surface area contributed by atoms with Crippen molar-refractivity contribution in [3.8, 4) is 11.5 Å². The first-order chi connectivity index (χ1) is 8.56. The SMILES string of the molecule is C[C@@H](O)c1ccc(Oc2cccc(Br)c2)c(Br)c1. The second-order valence-corrected chi connectivity index (χ2v) is 5.70. The maximum atomic E-state index is 9.50. The van der Waals surface area contributed by atoms with Crippen LogP contribution < -0.4 is 4.74 Å². The summed E-state index contributed by atoms with van der Waals surface area (Å²) in [7, 11) is 0. The molecule has 0 amide bonds. The van der Waals surface area contributed by atoms with Gasteiger partial charge in [0.2, 0.25) is 0 Å².